The molecule has 9 aromatic carbocycles. The van der Waals surface area contributed by atoms with E-state index in [2.05, 4.69) is 184 Å². The lowest BCUT2D eigenvalue weighted by Gasteiger charge is -2.23. The smallest absolute Gasteiger partial charge is 0.0159 e. The zero-order chi connectivity index (χ0) is 32.7. The van der Waals surface area contributed by atoms with E-state index in [1.165, 1.54) is 98.7 Å². The molecule has 0 nitrogen and oxygen atoms in total. The van der Waals surface area contributed by atoms with E-state index in [9.17, 15) is 0 Å². The van der Waals surface area contributed by atoms with Crippen molar-refractivity contribution in [3.05, 3.63) is 181 Å². The molecule has 0 heteroatoms. The molecule has 1 aliphatic rings. The largest absolute Gasteiger partial charge is 0.0616 e. The molecule has 0 N–H and O–H groups in total. The molecule has 9 aromatic rings. The van der Waals surface area contributed by atoms with Gasteiger partial charge in [-0.25, -0.2) is 0 Å². The SMILES string of the molecule is CC1(C)c2cc(-c3ccc4ccccc4c3)ccc2-c2ccc(-c3cccc4cccc(-c5cc6ccccc6c6ccccc56)c34)cc21. The Hall–Kier alpha value is -5.98. The van der Waals surface area contributed by atoms with Crippen molar-refractivity contribution in [2.24, 2.45) is 0 Å². The average molecular weight is 623 g/mol. The van der Waals surface area contributed by atoms with Gasteiger partial charge in [0.15, 0.2) is 0 Å². The lowest BCUT2D eigenvalue weighted by atomic mass is 9.80. The van der Waals surface area contributed by atoms with Crippen molar-refractivity contribution in [1.82, 2.24) is 0 Å². The normalized spacial score (nSPS) is 13.3. The molecule has 1 aliphatic carbocycles. The Morgan fingerprint density at radius 3 is 1.63 bits per heavy atom. The molecule has 0 heterocycles. The molecular weight excluding hydrogens is 589 g/mol. The molecule has 0 unspecified atom stereocenters. The molecule has 0 aliphatic heterocycles. The maximum absolute atomic E-state index is 2.47. The summed E-state index contributed by atoms with van der Waals surface area (Å²) in [6.07, 6.45) is 0. The van der Waals surface area contributed by atoms with E-state index in [4.69, 9.17) is 0 Å². The van der Waals surface area contributed by atoms with Gasteiger partial charge in [-0.05, 0) is 123 Å². The van der Waals surface area contributed by atoms with Crippen LogP contribution in [0.1, 0.15) is 25.0 Å². The number of hydrogen-bond acceptors (Lipinski definition) is 0. The molecule has 230 valence electrons. The maximum atomic E-state index is 2.47. The van der Waals surface area contributed by atoms with E-state index in [0.29, 0.717) is 0 Å². The van der Waals surface area contributed by atoms with Crippen LogP contribution in [0.5, 0.6) is 0 Å². The molecule has 49 heavy (non-hydrogen) atoms. The van der Waals surface area contributed by atoms with Crippen molar-refractivity contribution >= 4 is 43.1 Å². The van der Waals surface area contributed by atoms with Gasteiger partial charge in [0.25, 0.3) is 0 Å². The third-order valence-electron chi connectivity index (χ3n) is 11.0. The average Bonchev–Trinajstić information content (AvgIpc) is 3.38. The summed E-state index contributed by atoms with van der Waals surface area (Å²) >= 11 is 0. The molecule has 0 atom stereocenters. The first-order valence-electron chi connectivity index (χ1n) is 17.3. The van der Waals surface area contributed by atoms with Crippen LogP contribution in [-0.2, 0) is 5.41 Å². The summed E-state index contributed by atoms with van der Waals surface area (Å²) in [7, 11) is 0. The lowest BCUT2D eigenvalue weighted by Crippen LogP contribution is -2.15. The second-order valence-electron chi connectivity index (χ2n) is 14.1. The summed E-state index contributed by atoms with van der Waals surface area (Å²) < 4.78 is 0. The molecule has 0 spiro atoms. The zero-order valence-corrected chi connectivity index (χ0v) is 27.7. The van der Waals surface area contributed by atoms with Crippen molar-refractivity contribution in [2.45, 2.75) is 19.3 Å². The summed E-state index contributed by atoms with van der Waals surface area (Å²) in [6, 6.07) is 63.2. The van der Waals surface area contributed by atoms with Crippen LogP contribution in [0.3, 0.4) is 0 Å². The van der Waals surface area contributed by atoms with Gasteiger partial charge < -0.3 is 0 Å². The number of hydrogen-bond donors (Lipinski definition) is 0. The van der Waals surface area contributed by atoms with E-state index < -0.39 is 0 Å². The van der Waals surface area contributed by atoms with Gasteiger partial charge in [-0.3, -0.25) is 0 Å². The van der Waals surface area contributed by atoms with Gasteiger partial charge in [-0.1, -0.05) is 159 Å². The Morgan fingerprint density at radius 2 is 0.857 bits per heavy atom. The van der Waals surface area contributed by atoms with Crippen LogP contribution in [0.4, 0.5) is 0 Å². The Bertz CT molecular complexity index is 2790. The van der Waals surface area contributed by atoms with Crippen LogP contribution in [0.15, 0.2) is 170 Å². The fraction of sp³-hybridized carbons (Fsp3) is 0.0612. The van der Waals surface area contributed by atoms with E-state index in [1.54, 1.807) is 0 Å². The van der Waals surface area contributed by atoms with Gasteiger partial charge >= 0.3 is 0 Å². The van der Waals surface area contributed by atoms with E-state index >= 15 is 0 Å². The fourth-order valence-electron chi connectivity index (χ4n) is 8.54. The van der Waals surface area contributed by atoms with Gasteiger partial charge in [0, 0.05) is 5.41 Å². The molecule has 0 aromatic heterocycles. The van der Waals surface area contributed by atoms with Crippen LogP contribution >= 0.6 is 0 Å². The van der Waals surface area contributed by atoms with E-state index in [0.717, 1.165) is 0 Å². The highest BCUT2D eigenvalue weighted by Crippen LogP contribution is 2.51. The number of benzene rings is 9. The predicted molar refractivity (Wildman–Crippen MR) is 210 cm³/mol. The standard InChI is InChI=1S/C49H34/c1-49(2)46-29-35(34-22-21-31-11-3-4-12-33(31)27-34)23-25-42(46)43-26-24-37(30-47(43)49)39-19-9-14-32-15-10-20-44(48(32)39)45-28-36-13-5-6-16-38(36)40-17-7-8-18-41(40)45/h3-30H,1-2H3. The summed E-state index contributed by atoms with van der Waals surface area (Å²) in [5.74, 6) is 0. The molecular formula is C49H34. The van der Waals surface area contributed by atoms with Crippen molar-refractivity contribution in [3.8, 4) is 44.5 Å². The summed E-state index contributed by atoms with van der Waals surface area (Å²) in [6.45, 7) is 4.78. The van der Waals surface area contributed by atoms with Crippen LogP contribution in [0, 0.1) is 0 Å². The Labute approximate surface area is 286 Å². The molecule has 0 amide bonds. The van der Waals surface area contributed by atoms with Gasteiger partial charge in [0.2, 0.25) is 0 Å². The van der Waals surface area contributed by atoms with Crippen LogP contribution in [0.2, 0.25) is 0 Å². The second kappa shape index (κ2) is 10.5. The first kappa shape index (κ1) is 28.1. The molecule has 0 fully saturated rings. The minimum atomic E-state index is -0.129. The van der Waals surface area contributed by atoms with E-state index in [-0.39, 0.29) is 5.41 Å². The Kier molecular flexibility index (Phi) is 6.02. The monoisotopic (exact) mass is 622 g/mol. The van der Waals surface area contributed by atoms with Gasteiger partial charge in [-0.2, -0.15) is 0 Å². The quantitative estimate of drug-likeness (QED) is 0.172. The minimum absolute atomic E-state index is 0.129. The molecule has 10 rings (SSSR count). The van der Waals surface area contributed by atoms with Crippen LogP contribution < -0.4 is 0 Å². The molecule has 0 saturated carbocycles. The minimum Gasteiger partial charge on any atom is -0.0616 e. The van der Waals surface area contributed by atoms with Crippen LogP contribution in [-0.4, -0.2) is 0 Å². The molecule has 0 radical (unpaired) electrons. The number of rotatable bonds is 3. The Balaban J connectivity index is 1.13. The molecule has 0 saturated heterocycles. The van der Waals surface area contributed by atoms with E-state index in [1.807, 2.05) is 0 Å². The first-order chi connectivity index (χ1) is 24.0. The van der Waals surface area contributed by atoms with Gasteiger partial charge in [0.1, 0.15) is 0 Å². The highest BCUT2D eigenvalue weighted by molar-refractivity contribution is 6.18. The second-order valence-corrected chi connectivity index (χ2v) is 14.1. The third-order valence-corrected chi connectivity index (χ3v) is 11.0. The Morgan fingerprint density at radius 1 is 0.306 bits per heavy atom. The highest BCUT2D eigenvalue weighted by atomic mass is 14.4. The molecule has 0 bridgehead atoms. The van der Waals surface area contributed by atoms with Crippen molar-refractivity contribution in [1.29, 1.82) is 0 Å². The van der Waals surface area contributed by atoms with Crippen molar-refractivity contribution in [2.75, 3.05) is 0 Å². The van der Waals surface area contributed by atoms with Crippen molar-refractivity contribution < 1.29 is 0 Å². The van der Waals surface area contributed by atoms with Crippen molar-refractivity contribution in [3.63, 3.8) is 0 Å². The summed E-state index contributed by atoms with van der Waals surface area (Å²) in [5.41, 5.74) is 13.0. The zero-order valence-electron chi connectivity index (χ0n) is 27.7. The number of fused-ring (bicyclic) bond motifs is 8. The summed E-state index contributed by atoms with van der Waals surface area (Å²) in [5, 5.41) is 10.3. The van der Waals surface area contributed by atoms with Gasteiger partial charge in [0.05, 0.1) is 0 Å². The lowest BCUT2D eigenvalue weighted by molar-refractivity contribution is 0.661. The van der Waals surface area contributed by atoms with Crippen LogP contribution in [0.25, 0.3) is 87.6 Å². The third kappa shape index (κ3) is 4.24. The topological polar surface area (TPSA) is 0 Å². The first-order valence-corrected chi connectivity index (χ1v) is 17.3. The summed E-state index contributed by atoms with van der Waals surface area (Å²) in [4.78, 5) is 0. The maximum Gasteiger partial charge on any atom is 0.0159 e. The highest BCUT2D eigenvalue weighted by Gasteiger charge is 2.36. The predicted octanol–water partition coefficient (Wildman–Crippen LogP) is 13.6. The van der Waals surface area contributed by atoms with Gasteiger partial charge in [-0.15, -0.1) is 0 Å². The fourth-order valence-corrected chi connectivity index (χ4v) is 8.54.